The van der Waals surface area contributed by atoms with E-state index in [1.165, 1.54) is 0 Å². The predicted molar refractivity (Wildman–Crippen MR) is 69.4 cm³/mol. The SMILES string of the molecule is COCCC(C)C(C)(O)c1ccc(Br)cc1. The summed E-state index contributed by atoms with van der Waals surface area (Å²) >= 11 is 3.39. The second-order valence-electron chi connectivity index (χ2n) is 4.34. The van der Waals surface area contributed by atoms with Crippen LogP contribution in [0.5, 0.6) is 0 Å². The summed E-state index contributed by atoms with van der Waals surface area (Å²) in [5, 5.41) is 10.5. The van der Waals surface area contributed by atoms with Crippen molar-refractivity contribution in [2.24, 2.45) is 5.92 Å². The molecule has 1 N–H and O–H groups in total. The average molecular weight is 287 g/mol. The predicted octanol–water partition coefficient (Wildman–Crippen LogP) is 3.33. The fourth-order valence-electron chi connectivity index (χ4n) is 1.65. The maximum Gasteiger partial charge on any atom is 0.0894 e. The van der Waals surface area contributed by atoms with E-state index in [2.05, 4.69) is 15.9 Å². The fraction of sp³-hybridized carbons (Fsp3) is 0.538. The molecule has 0 fully saturated rings. The van der Waals surface area contributed by atoms with Gasteiger partial charge in [0.2, 0.25) is 0 Å². The van der Waals surface area contributed by atoms with Crippen LogP contribution in [0.25, 0.3) is 0 Å². The van der Waals surface area contributed by atoms with Gasteiger partial charge in [0.25, 0.3) is 0 Å². The molecule has 0 spiro atoms. The molecule has 3 heteroatoms. The number of ether oxygens (including phenoxy) is 1. The van der Waals surface area contributed by atoms with Gasteiger partial charge in [-0.05, 0) is 37.0 Å². The third kappa shape index (κ3) is 3.30. The van der Waals surface area contributed by atoms with E-state index >= 15 is 0 Å². The lowest BCUT2D eigenvalue weighted by Crippen LogP contribution is -2.30. The fourth-order valence-corrected chi connectivity index (χ4v) is 1.91. The van der Waals surface area contributed by atoms with Gasteiger partial charge in [-0.2, -0.15) is 0 Å². The number of methoxy groups -OCH3 is 1. The smallest absolute Gasteiger partial charge is 0.0894 e. The Morgan fingerprint density at radius 1 is 1.38 bits per heavy atom. The van der Waals surface area contributed by atoms with Gasteiger partial charge in [0.15, 0.2) is 0 Å². The third-order valence-corrected chi connectivity index (χ3v) is 3.67. The van der Waals surface area contributed by atoms with Gasteiger partial charge in [-0.25, -0.2) is 0 Å². The van der Waals surface area contributed by atoms with Crippen LogP contribution in [-0.2, 0) is 10.3 Å². The Bertz CT molecular complexity index is 319. The first kappa shape index (κ1) is 13.7. The van der Waals surface area contributed by atoms with Crippen LogP contribution >= 0.6 is 15.9 Å². The van der Waals surface area contributed by atoms with Gasteiger partial charge in [0.1, 0.15) is 0 Å². The average Bonchev–Trinajstić information content (AvgIpc) is 2.26. The van der Waals surface area contributed by atoms with Gasteiger partial charge >= 0.3 is 0 Å². The summed E-state index contributed by atoms with van der Waals surface area (Å²) in [4.78, 5) is 0. The van der Waals surface area contributed by atoms with Crippen molar-refractivity contribution in [3.8, 4) is 0 Å². The van der Waals surface area contributed by atoms with Crippen molar-refractivity contribution in [2.45, 2.75) is 25.9 Å². The number of rotatable bonds is 5. The summed E-state index contributed by atoms with van der Waals surface area (Å²) in [6.45, 7) is 4.57. The van der Waals surface area contributed by atoms with Crippen molar-refractivity contribution in [2.75, 3.05) is 13.7 Å². The highest BCUT2D eigenvalue weighted by Crippen LogP contribution is 2.31. The second kappa shape index (κ2) is 5.80. The number of halogens is 1. The zero-order valence-corrected chi connectivity index (χ0v) is 11.6. The minimum Gasteiger partial charge on any atom is -0.385 e. The van der Waals surface area contributed by atoms with E-state index in [0.717, 1.165) is 16.5 Å². The van der Waals surface area contributed by atoms with Crippen molar-refractivity contribution >= 4 is 15.9 Å². The molecule has 0 bridgehead atoms. The highest BCUT2D eigenvalue weighted by molar-refractivity contribution is 9.10. The van der Waals surface area contributed by atoms with Crippen LogP contribution in [0, 0.1) is 5.92 Å². The summed E-state index contributed by atoms with van der Waals surface area (Å²) in [7, 11) is 1.68. The largest absolute Gasteiger partial charge is 0.385 e. The number of hydrogen-bond acceptors (Lipinski definition) is 2. The number of benzene rings is 1. The highest BCUT2D eigenvalue weighted by atomic mass is 79.9. The molecule has 0 heterocycles. The minimum absolute atomic E-state index is 0.161. The Morgan fingerprint density at radius 2 is 1.94 bits per heavy atom. The van der Waals surface area contributed by atoms with Crippen LogP contribution in [0.1, 0.15) is 25.8 Å². The summed E-state index contributed by atoms with van der Waals surface area (Å²) in [5.74, 6) is 0.161. The van der Waals surface area contributed by atoms with Crippen molar-refractivity contribution in [3.05, 3.63) is 34.3 Å². The molecule has 0 aliphatic heterocycles. The lowest BCUT2D eigenvalue weighted by atomic mass is 9.82. The molecule has 90 valence electrons. The quantitative estimate of drug-likeness (QED) is 0.900. The molecular weight excluding hydrogens is 268 g/mol. The molecule has 1 rings (SSSR count). The van der Waals surface area contributed by atoms with Crippen LogP contribution in [-0.4, -0.2) is 18.8 Å². The molecule has 0 aromatic heterocycles. The topological polar surface area (TPSA) is 29.5 Å². The molecule has 2 atom stereocenters. The Hall–Kier alpha value is -0.380. The van der Waals surface area contributed by atoms with E-state index in [4.69, 9.17) is 4.74 Å². The normalized spacial score (nSPS) is 16.8. The Labute approximate surface area is 106 Å². The molecule has 0 radical (unpaired) electrons. The molecule has 0 amide bonds. The Balaban J connectivity index is 2.79. The van der Waals surface area contributed by atoms with Crippen LogP contribution in [0.4, 0.5) is 0 Å². The summed E-state index contributed by atoms with van der Waals surface area (Å²) in [6.07, 6.45) is 0.847. The summed E-state index contributed by atoms with van der Waals surface area (Å²) in [5.41, 5.74) is 0.137. The van der Waals surface area contributed by atoms with E-state index in [1.807, 2.05) is 38.1 Å². The first-order valence-electron chi connectivity index (χ1n) is 5.46. The van der Waals surface area contributed by atoms with E-state index in [-0.39, 0.29) is 5.92 Å². The number of hydrogen-bond donors (Lipinski definition) is 1. The minimum atomic E-state index is -0.806. The summed E-state index contributed by atoms with van der Waals surface area (Å²) < 4.78 is 6.07. The molecule has 2 unspecified atom stereocenters. The maximum absolute atomic E-state index is 10.5. The van der Waals surface area contributed by atoms with Gasteiger partial charge in [-0.15, -0.1) is 0 Å². The third-order valence-electron chi connectivity index (χ3n) is 3.14. The molecule has 0 saturated carbocycles. The first-order chi connectivity index (χ1) is 7.48. The lowest BCUT2D eigenvalue weighted by molar-refractivity contribution is -0.0107. The van der Waals surface area contributed by atoms with Crippen molar-refractivity contribution in [3.63, 3.8) is 0 Å². The van der Waals surface area contributed by atoms with E-state index in [0.29, 0.717) is 6.61 Å². The summed E-state index contributed by atoms with van der Waals surface area (Å²) in [6, 6.07) is 7.81. The van der Waals surface area contributed by atoms with Crippen LogP contribution in [0.15, 0.2) is 28.7 Å². The molecule has 1 aromatic rings. The van der Waals surface area contributed by atoms with E-state index in [9.17, 15) is 5.11 Å². The molecule has 0 saturated heterocycles. The monoisotopic (exact) mass is 286 g/mol. The Morgan fingerprint density at radius 3 is 2.44 bits per heavy atom. The Kier molecular flexibility index (Phi) is 4.96. The van der Waals surface area contributed by atoms with Gasteiger partial charge in [-0.1, -0.05) is 35.0 Å². The van der Waals surface area contributed by atoms with Crippen molar-refractivity contribution in [1.29, 1.82) is 0 Å². The van der Waals surface area contributed by atoms with Gasteiger partial charge in [0.05, 0.1) is 5.60 Å². The molecule has 1 aromatic carbocycles. The molecule has 0 aliphatic carbocycles. The molecule has 2 nitrogen and oxygen atoms in total. The molecular formula is C13H19BrO2. The van der Waals surface area contributed by atoms with Gasteiger partial charge in [0, 0.05) is 18.2 Å². The zero-order chi connectivity index (χ0) is 12.2. The number of aliphatic hydroxyl groups is 1. The molecule has 0 aliphatic rings. The standard InChI is InChI=1S/C13H19BrO2/c1-10(8-9-16-3)13(2,15)11-4-6-12(14)7-5-11/h4-7,10,15H,8-9H2,1-3H3. The van der Waals surface area contributed by atoms with Crippen LogP contribution < -0.4 is 0 Å². The van der Waals surface area contributed by atoms with Crippen LogP contribution in [0.2, 0.25) is 0 Å². The molecule has 16 heavy (non-hydrogen) atoms. The van der Waals surface area contributed by atoms with Crippen molar-refractivity contribution in [1.82, 2.24) is 0 Å². The first-order valence-corrected chi connectivity index (χ1v) is 6.25. The zero-order valence-electron chi connectivity index (χ0n) is 10.0. The van der Waals surface area contributed by atoms with Gasteiger partial charge < -0.3 is 9.84 Å². The highest BCUT2D eigenvalue weighted by Gasteiger charge is 2.29. The lowest BCUT2D eigenvalue weighted by Gasteiger charge is -2.30. The van der Waals surface area contributed by atoms with Crippen LogP contribution in [0.3, 0.4) is 0 Å². The van der Waals surface area contributed by atoms with E-state index < -0.39 is 5.60 Å². The maximum atomic E-state index is 10.5. The van der Waals surface area contributed by atoms with E-state index in [1.54, 1.807) is 7.11 Å². The van der Waals surface area contributed by atoms with Gasteiger partial charge in [-0.3, -0.25) is 0 Å². The second-order valence-corrected chi connectivity index (χ2v) is 5.25. The van der Waals surface area contributed by atoms with Crippen molar-refractivity contribution < 1.29 is 9.84 Å².